The second kappa shape index (κ2) is 5.10. The fourth-order valence-electron chi connectivity index (χ4n) is 0.463. The highest BCUT2D eigenvalue weighted by atomic mass is 16.5. The molecule has 0 unspecified atom stereocenters. The summed E-state index contributed by atoms with van der Waals surface area (Å²) in [5.74, 6) is 0.779. The molecule has 0 fully saturated rings. The Morgan fingerprint density at radius 2 is 2.00 bits per heavy atom. The molecule has 0 spiro atoms. The van der Waals surface area contributed by atoms with Gasteiger partial charge in [0.15, 0.2) is 0 Å². The van der Waals surface area contributed by atoms with Gasteiger partial charge >= 0.3 is 0 Å². The van der Waals surface area contributed by atoms with E-state index < -0.39 is 0 Å². The van der Waals surface area contributed by atoms with Gasteiger partial charge < -0.3 is 4.74 Å². The summed E-state index contributed by atoms with van der Waals surface area (Å²) in [5.41, 5.74) is 0. The Morgan fingerprint density at radius 1 is 1.38 bits per heavy atom. The molecule has 0 N–H and O–H groups in total. The lowest BCUT2D eigenvalue weighted by Gasteiger charge is -2.02. The summed E-state index contributed by atoms with van der Waals surface area (Å²) in [4.78, 5) is 0. The Labute approximate surface area is 52.0 Å². The van der Waals surface area contributed by atoms with E-state index in [2.05, 4.69) is 13.8 Å². The van der Waals surface area contributed by atoms with Crippen LogP contribution in [0.3, 0.4) is 0 Å². The zero-order valence-electron chi connectivity index (χ0n) is 6.11. The molecule has 0 aromatic rings. The number of rotatable bonds is 4. The van der Waals surface area contributed by atoms with E-state index in [1.807, 2.05) is 6.92 Å². The summed E-state index contributed by atoms with van der Waals surface area (Å²) < 4.78 is 5.14. The van der Waals surface area contributed by atoms with Gasteiger partial charge in [-0.1, -0.05) is 13.8 Å². The predicted octanol–water partition coefficient (Wildman–Crippen LogP) is 2.07. The molecule has 0 aromatic heterocycles. The maximum absolute atomic E-state index is 5.14. The SMILES string of the molecule is CCOCCC(C)C. The van der Waals surface area contributed by atoms with E-state index in [0.717, 1.165) is 19.1 Å². The Morgan fingerprint density at radius 3 is 2.38 bits per heavy atom. The molecule has 0 aromatic carbocycles. The summed E-state index contributed by atoms with van der Waals surface area (Å²) in [5, 5.41) is 0. The van der Waals surface area contributed by atoms with Crippen LogP contribution in [0.1, 0.15) is 27.2 Å². The summed E-state index contributed by atoms with van der Waals surface area (Å²) >= 11 is 0. The minimum Gasteiger partial charge on any atom is -0.382 e. The molecule has 1 nitrogen and oxygen atoms in total. The van der Waals surface area contributed by atoms with Crippen molar-refractivity contribution in [3.8, 4) is 0 Å². The third-order valence-electron chi connectivity index (χ3n) is 1.04. The zero-order valence-corrected chi connectivity index (χ0v) is 6.11. The first-order valence-electron chi connectivity index (χ1n) is 3.35. The van der Waals surface area contributed by atoms with Crippen LogP contribution in [0, 0.1) is 5.92 Å². The van der Waals surface area contributed by atoms with Gasteiger partial charge in [0.25, 0.3) is 0 Å². The summed E-state index contributed by atoms with van der Waals surface area (Å²) in [6.07, 6.45) is 1.19. The van der Waals surface area contributed by atoms with Crippen molar-refractivity contribution in [2.45, 2.75) is 27.2 Å². The van der Waals surface area contributed by atoms with Crippen molar-refractivity contribution in [1.82, 2.24) is 0 Å². The van der Waals surface area contributed by atoms with E-state index in [-0.39, 0.29) is 0 Å². The first-order chi connectivity index (χ1) is 3.77. The first-order valence-corrected chi connectivity index (χ1v) is 3.35. The van der Waals surface area contributed by atoms with E-state index >= 15 is 0 Å². The first kappa shape index (κ1) is 7.96. The molecular weight excluding hydrogens is 100 g/mol. The van der Waals surface area contributed by atoms with E-state index in [1.165, 1.54) is 6.42 Å². The monoisotopic (exact) mass is 116 g/mol. The van der Waals surface area contributed by atoms with Crippen molar-refractivity contribution in [3.63, 3.8) is 0 Å². The average molecular weight is 116 g/mol. The van der Waals surface area contributed by atoms with Crippen LogP contribution in [-0.4, -0.2) is 13.2 Å². The van der Waals surface area contributed by atoms with Gasteiger partial charge in [0, 0.05) is 13.2 Å². The highest BCUT2D eigenvalue weighted by Crippen LogP contribution is 1.97. The van der Waals surface area contributed by atoms with E-state index in [9.17, 15) is 0 Å². The molecule has 0 aliphatic rings. The van der Waals surface area contributed by atoms with Crippen molar-refractivity contribution in [2.75, 3.05) is 13.2 Å². The maximum atomic E-state index is 5.14. The maximum Gasteiger partial charge on any atom is 0.0468 e. The van der Waals surface area contributed by atoms with Crippen molar-refractivity contribution < 1.29 is 4.74 Å². The number of hydrogen-bond donors (Lipinski definition) is 0. The third-order valence-corrected chi connectivity index (χ3v) is 1.04. The van der Waals surface area contributed by atoms with Gasteiger partial charge in [-0.25, -0.2) is 0 Å². The normalized spacial score (nSPS) is 10.5. The molecular formula is C7H16O. The molecule has 0 bridgehead atoms. The standard InChI is InChI=1S/C7H16O/c1-4-8-6-5-7(2)3/h7H,4-6H2,1-3H3. The lowest BCUT2D eigenvalue weighted by atomic mass is 10.1. The Bertz CT molecular complexity index is 41.7. The lowest BCUT2D eigenvalue weighted by molar-refractivity contribution is 0.136. The van der Waals surface area contributed by atoms with Crippen molar-refractivity contribution >= 4 is 0 Å². The molecule has 0 saturated heterocycles. The Kier molecular flexibility index (Phi) is 5.08. The molecule has 0 amide bonds. The van der Waals surface area contributed by atoms with Crippen LogP contribution in [0.5, 0.6) is 0 Å². The van der Waals surface area contributed by atoms with Gasteiger partial charge in [-0.3, -0.25) is 0 Å². The smallest absolute Gasteiger partial charge is 0.0468 e. The number of ether oxygens (including phenoxy) is 1. The predicted molar refractivity (Wildman–Crippen MR) is 35.9 cm³/mol. The van der Waals surface area contributed by atoms with E-state index in [1.54, 1.807) is 0 Å². The molecule has 0 rings (SSSR count). The van der Waals surface area contributed by atoms with Crippen LogP contribution in [0.2, 0.25) is 0 Å². The molecule has 0 aliphatic carbocycles. The topological polar surface area (TPSA) is 9.23 Å². The van der Waals surface area contributed by atoms with Crippen LogP contribution >= 0.6 is 0 Å². The zero-order chi connectivity index (χ0) is 6.41. The third kappa shape index (κ3) is 5.96. The lowest BCUT2D eigenvalue weighted by Crippen LogP contribution is -1.97. The van der Waals surface area contributed by atoms with Gasteiger partial charge in [-0.15, -0.1) is 0 Å². The van der Waals surface area contributed by atoms with Crippen LogP contribution in [0.15, 0.2) is 0 Å². The fraction of sp³-hybridized carbons (Fsp3) is 1.00. The largest absolute Gasteiger partial charge is 0.382 e. The molecule has 1 heteroatoms. The second-order valence-corrected chi connectivity index (χ2v) is 2.38. The van der Waals surface area contributed by atoms with Crippen LogP contribution in [0.25, 0.3) is 0 Å². The molecule has 8 heavy (non-hydrogen) atoms. The van der Waals surface area contributed by atoms with E-state index in [4.69, 9.17) is 4.74 Å². The molecule has 50 valence electrons. The van der Waals surface area contributed by atoms with Crippen LogP contribution in [-0.2, 0) is 4.74 Å². The van der Waals surface area contributed by atoms with Crippen molar-refractivity contribution in [1.29, 1.82) is 0 Å². The Balaban J connectivity index is 2.72. The summed E-state index contributed by atoms with van der Waals surface area (Å²) in [7, 11) is 0. The van der Waals surface area contributed by atoms with Gasteiger partial charge in [0.1, 0.15) is 0 Å². The van der Waals surface area contributed by atoms with Gasteiger partial charge in [-0.05, 0) is 19.3 Å². The molecule has 0 saturated carbocycles. The van der Waals surface area contributed by atoms with E-state index in [0.29, 0.717) is 0 Å². The molecule has 0 atom stereocenters. The highest BCUT2D eigenvalue weighted by Gasteiger charge is 1.90. The average Bonchev–Trinajstić information content (AvgIpc) is 1.66. The minimum atomic E-state index is 0.779. The van der Waals surface area contributed by atoms with Gasteiger partial charge in [-0.2, -0.15) is 0 Å². The molecule has 0 aliphatic heterocycles. The van der Waals surface area contributed by atoms with Crippen LogP contribution < -0.4 is 0 Å². The number of hydrogen-bond acceptors (Lipinski definition) is 1. The van der Waals surface area contributed by atoms with Gasteiger partial charge in [0.05, 0.1) is 0 Å². The fourth-order valence-corrected chi connectivity index (χ4v) is 0.463. The van der Waals surface area contributed by atoms with Crippen molar-refractivity contribution in [3.05, 3.63) is 0 Å². The molecule has 0 radical (unpaired) electrons. The van der Waals surface area contributed by atoms with Gasteiger partial charge in [0.2, 0.25) is 0 Å². The quantitative estimate of drug-likeness (QED) is 0.511. The molecule has 0 heterocycles. The second-order valence-electron chi connectivity index (χ2n) is 2.38. The highest BCUT2D eigenvalue weighted by molar-refractivity contribution is 4.41. The minimum absolute atomic E-state index is 0.779. The summed E-state index contributed by atoms with van der Waals surface area (Å²) in [6, 6.07) is 0. The van der Waals surface area contributed by atoms with Crippen LogP contribution in [0.4, 0.5) is 0 Å². The Hall–Kier alpha value is -0.0400. The summed E-state index contributed by atoms with van der Waals surface area (Å²) in [6.45, 7) is 8.22. The van der Waals surface area contributed by atoms with Crippen molar-refractivity contribution in [2.24, 2.45) is 5.92 Å².